The Morgan fingerprint density at radius 3 is 2.61 bits per heavy atom. The van der Waals surface area contributed by atoms with Crippen LogP contribution in [0.1, 0.15) is 28.8 Å². The smallest absolute Gasteiger partial charge is 0.312 e. The monoisotopic (exact) mass is 319 g/mol. The summed E-state index contributed by atoms with van der Waals surface area (Å²) in [6, 6.07) is 6.37. The van der Waals surface area contributed by atoms with Crippen LogP contribution < -0.4 is 11.1 Å². The number of esters is 1. The average molecular weight is 319 g/mol. The van der Waals surface area contributed by atoms with Gasteiger partial charge in [-0.3, -0.25) is 9.59 Å². The van der Waals surface area contributed by atoms with Crippen LogP contribution in [0.5, 0.6) is 0 Å². The first-order chi connectivity index (χ1) is 11.0. The van der Waals surface area contributed by atoms with Gasteiger partial charge in [0, 0.05) is 25.2 Å². The number of urea groups is 1. The zero-order valence-electron chi connectivity index (χ0n) is 13.1. The van der Waals surface area contributed by atoms with E-state index < -0.39 is 6.03 Å². The van der Waals surface area contributed by atoms with E-state index in [1.165, 1.54) is 7.11 Å². The second-order valence-corrected chi connectivity index (χ2v) is 5.53. The molecule has 1 aliphatic rings. The molecule has 0 spiro atoms. The van der Waals surface area contributed by atoms with Crippen molar-refractivity contribution < 1.29 is 19.1 Å². The molecule has 124 valence electrons. The summed E-state index contributed by atoms with van der Waals surface area (Å²) in [5.74, 6) is -0.625. The third-order valence-electron chi connectivity index (χ3n) is 3.91. The number of piperidine rings is 1. The Labute approximate surface area is 134 Å². The minimum atomic E-state index is -0.590. The number of amides is 3. The molecule has 7 heteroatoms. The van der Waals surface area contributed by atoms with Gasteiger partial charge in [0.15, 0.2) is 0 Å². The van der Waals surface area contributed by atoms with Gasteiger partial charge in [-0.1, -0.05) is 12.1 Å². The molecule has 1 aromatic rings. The molecule has 1 aromatic carbocycles. The predicted octanol–water partition coefficient (Wildman–Crippen LogP) is 0.880. The standard InChI is InChI=1S/C16H21N3O4/c1-23-15(21)13-3-2-8-19(10-13)14(20)12-6-4-11(5-7-12)9-18-16(17)22/h4-7,13H,2-3,8-10H2,1H3,(H3,17,18,22)/t13-/m0/s1. The number of nitrogens with one attached hydrogen (secondary N) is 1. The number of hydrogen-bond acceptors (Lipinski definition) is 4. The van der Waals surface area contributed by atoms with E-state index in [0.717, 1.165) is 18.4 Å². The number of primary amides is 1. The summed E-state index contributed by atoms with van der Waals surface area (Å²) in [4.78, 5) is 36.5. The molecule has 0 unspecified atom stereocenters. The van der Waals surface area contributed by atoms with Crippen LogP contribution in [0.25, 0.3) is 0 Å². The summed E-state index contributed by atoms with van der Waals surface area (Å²) in [5.41, 5.74) is 6.42. The number of rotatable bonds is 4. The van der Waals surface area contributed by atoms with E-state index in [0.29, 0.717) is 25.2 Å². The van der Waals surface area contributed by atoms with Crippen molar-refractivity contribution in [3.05, 3.63) is 35.4 Å². The van der Waals surface area contributed by atoms with Crippen molar-refractivity contribution in [2.24, 2.45) is 11.7 Å². The number of likely N-dealkylation sites (tertiary alicyclic amines) is 1. The van der Waals surface area contributed by atoms with E-state index in [1.54, 1.807) is 29.2 Å². The quantitative estimate of drug-likeness (QED) is 0.804. The normalized spacial score (nSPS) is 17.4. The third kappa shape index (κ3) is 4.45. The van der Waals surface area contributed by atoms with Gasteiger partial charge in [0.25, 0.3) is 5.91 Å². The van der Waals surface area contributed by atoms with Gasteiger partial charge in [0.1, 0.15) is 0 Å². The Hall–Kier alpha value is -2.57. The van der Waals surface area contributed by atoms with Crippen LogP contribution in [-0.4, -0.2) is 43.0 Å². The highest BCUT2D eigenvalue weighted by molar-refractivity contribution is 5.94. The fourth-order valence-electron chi connectivity index (χ4n) is 2.66. The molecule has 7 nitrogen and oxygen atoms in total. The van der Waals surface area contributed by atoms with Gasteiger partial charge in [-0.2, -0.15) is 0 Å². The molecule has 1 atom stereocenters. The number of hydrogen-bond donors (Lipinski definition) is 2. The van der Waals surface area contributed by atoms with Crippen molar-refractivity contribution in [2.45, 2.75) is 19.4 Å². The summed E-state index contributed by atoms with van der Waals surface area (Å²) >= 11 is 0. The van der Waals surface area contributed by atoms with Crippen LogP contribution in [0.4, 0.5) is 4.79 Å². The van der Waals surface area contributed by atoms with Crippen LogP contribution in [0.3, 0.4) is 0 Å². The maximum Gasteiger partial charge on any atom is 0.312 e. The summed E-state index contributed by atoms with van der Waals surface area (Å²) < 4.78 is 4.76. The fraction of sp³-hybridized carbons (Fsp3) is 0.438. The number of carbonyl (C=O) groups excluding carboxylic acids is 3. The molecule has 1 aliphatic heterocycles. The van der Waals surface area contributed by atoms with Crippen LogP contribution in [0, 0.1) is 5.92 Å². The van der Waals surface area contributed by atoms with Gasteiger partial charge in [0.05, 0.1) is 13.0 Å². The number of ether oxygens (including phenoxy) is 1. The first-order valence-corrected chi connectivity index (χ1v) is 7.50. The minimum absolute atomic E-state index is 0.104. The maximum absolute atomic E-state index is 12.5. The highest BCUT2D eigenvalue weighted by atomic mass is 16.5. The Morgan fingerprint density at radius 1 is 1.30 bits per heavy atom. The second kappa shape index (κ2) is 7.62. The van der Waals surface area contributed by atoms with E-state index in [-0.39, 0.29) is 17.8 Å². The molecule has 3 N–H and O–H groups in total. The first kappa shape index (κ1) is 16.8. The number of benzene rings is 1. The minimum Gasteiger partial charge on any atom is -0.469 e. The van der Waals surface area contributed by atoms with Crippen molar-refractivity contribution in [3.8, 4) is 0 Å². The first-order valence-electron chi connectivity index (χ1n) is 7.50. The molecule has 0 radical (unpaired) electrons. The molecule has 23 heavy (non-hydrogen) atoms. The van der Waals surface area contributed by atoms with Gasteiger partial charge in [0.2, 0.25) is 0 Å². The van der Waals surface area contributed by atoms with Crippen molar-refractivity contribution in [1.29, 1.82) is 0 Å². The van der Waals surface area contributed by atoms with Gasteiger partial charge >= 0.3 is 12.0 Å². The topological polar surface area (TPSA) is 102 Å². The number of nitrogens with zero attached hydrogens (tertiary/aromatic N) is 1. The number of carbonyl (C=O) groups is 3. The largest absolute Gasteiger partial charge is 0.469 e. The van der Waals surface area contributed by atoms with Gasteiger partial charge in [-0.15, -0.1) is 0 Å². The van der Waals surface area contributed by atoms with Crippen LogP contribution in [-0.2, 0) is 16.1 Å². The Bertz CT molecular complexity index is 585. The lowest BCUT2D eigenvalue weighted by molar-refractivity contribution is -0.146. The van der Waals surface area contributed by atoms with E-state index in [1.807, 2.05) is 0 Å². The molecular weight excluding hydrogens is 298 g/mol. The molecule has 0 aliphatic carbocycles. The second-order valence-electron chi connectivity index (χ2n) is 5.53. The highest BCUT2D eigenvalue weighted by Crippen LogP contribution is 2.20. The van der Waals surface area contributed by atoms with Crippen molar-refractivity contribution in [3.63, 3.8) is 0 Å². The van der Waals surface area contributed by atoms with Gasteiger partial charge in [-0.05, 0) is 30.5 Å². The molecule has 0 aromatic heterocycles. The lowest BCUT2D eigenvalue weighted by Crippen LogP contribution is -2.42. The van der Waals surface area contributed by atoms with Crippen LogP contribution in [0.2, 0.25) is 0 Å². The van der Waals surface area contributed by atoms with E-state index >= 15 is 0 Å². The van der Waals surface area contributed by atoms with E-state index in [2.05, 4.69) is 5.32 Å². The fourth-order valence-corrected chi connectivity index (χ4v) is 2.66. The van der Waals surface area contributed by atoms with Gasteiger partial charge < -0.3 is 20.7 Å². The molecular formula is C16H21N3O4. The third-order valence-corrected chi connectivity index (χ3v) is 3.91. The van der Waals surface area contributed by atoms with Crippen molar-refractivity contribution in [1.82, 2.24) is 10.2 Å². The zero-order valence-corrected chi connectivity index (χ0v) is 13.1. The SMILES string of the molecule is COC(=O)[C@H]1CCCN(C(=O)c2ccc(CNC(N)=O)cc2)C1. The molecule has 1 fully saturated rings. The summed E-state index contributed by atoms with van der Waals surface area (Å²) in [6.07, 6.45) is 1.53. The molecule has 1 heterocycles. The average Bonchev–Trinajstić information content (AvgIpc) is 2.59. The van der Waals surface area contributed by atoms with E-state index in [9.17, 15) is 14.4 Å². The molecule has 1 saturated heterocycles. The molecule has 3 amide bonds. The lowest BCUT2D eigenvalue weighted by Gasteiger charge is -2.31. The lowest BCUT2D eigenvalue weighted by atomic mass is 9.97. The zero-order chi connectivity index (χ0) is 16.8. The number of methoxy groups -OCH3 is 1. The Kier molecular flexibility index (Phi) is 5.56. The Balaban J connectivity index is 1.99. The van der Waals surface area contributed by atoms with Crippen LogP contribution >= 0.6 is 0 Å². The van der Waals surface area contributed by atoms with Crippen LogP contribution in [0.15, 0.2) is 24.3 Å². The molecule has 2 rings (SSSR count). The summed E-state index contributed by atoms with van der Waals surface area (Å²) in [6.45, 7) is 1.34. The predicted molar refractivity (Wildman–Crippen MR) is 83.5 cm³/mol. The van der Waals surface area contributed by atoms with Gasteiger partial charge in [-0.25, -0.2) is 4.79 Å². The maximum atomic E-state index is 12.5. The van der Waals surface area contributed by atoms with Crippen molar-refractivity contribution in [2.75, 3.05) is 20.2 Å². The molecule has 0 bridgehead atoms. The highest BCUT2D eigenvalue weighted by Gasteiger charge is 2.29. The van der Waals surface area contributed by atoms with E-state index in [4.69, 9.17) is 10.5 Å². The summed E-state index contributed by atoms with van der Waals surface area (Å²) in [5, 5.41) is 2.49. The number of nitrogens with two attached hydrogens (primary N) is 1. The van der Waals surface area contributed by atoms with Crippen molar-refractivity contribution >= 4 is 17.9 Å². The molecule has 0 saturated carbocycles. The summed E-state index contributed by atoms with van der Waals surface area (Å²) in [7, 11) is 1.36. The Morgan fingerprint density at radius 2 is 2.00 bits per heavy atom.